The highest BCUT2D eigenvalue weighted by atomic mass is 16.1. The van der Waals surface area contributed by atoms with Crippen molar-refractivity contribution >= 4 is 5.78 Å². The molecule has 4 rings (SSSR count). The fraction of sp³-hybridized carbons (Fsp3) is 0.800. The predicted octanol–water partition coefficient (Wildman–Crippen LogP) is 3.20. The molecule has 0 unspecified atom stereocenters. The standard InChI is InChI=1S/C15H20O/c16-13-8-9-3-1-2-4-12(9)14-10-5-6-11(7-10)15(13)14/h2,4,9-12,14-15H,1,3,5-8H2/t9-,10-,11+,12-,14-,15+/m0/s1. The minimum absolute atomic E-state index is 0.475. The van der Waals surface area contributed by atoms with Crippen molar-refractivity contribution in [2.24, 2.45) is 35.5 Å². The lowest BCUT2D eigenvalue weighted by Gasteiger charge is -2.44. The Hall–Kier alpha value is -0.590. The minimum atomic E-state index is 0.475. The van der Waals surface area contributed by atoms with Crippen LogP contribution in [0.1, 0.15) is 38.5 Å². The number of fused-ring (bicyclic) bond motifs is 7. The van der Waals surface area contributed by atoms with Crippen molar-refractivity contribution in [1.82, 2.24) is 0 Å². The molecule has 2 bridgehead atoms. The second-order valence-corrected chi connectivity index (χ2v) is 6.45. The Kier molecular flexibility index (Phi) is 1.89. The van der Waals surface area contributed by atoms with Gasteiger partial charge in [0.05, 0.1) is 0 Å². The Labute approximate surface area is 97.3 Å². The third kappa shape index (κ3) is 1.10. The molecule has 4 aliphatic rings. The van der Waals surface area contributed by atoms with Gasteiger partial charge in [0, 0.05) is 12.3 Å². The van der Waals surface area contributed by atoms with Crippen LogP contribution in [0.25, 0.3) is 0 Å². The SMILES string of the molecule is O=C1C[C@@H]2CCC=C[C@@H]2[C@@H]2[C@H]3CC[C@H](C3)[C@H]12. The van der Waals surface area contributed by atoms with E-state index in [9.17, 15) is 4.79 Å². The van der Waals surface area contributed by atoms with Crippen LogP contribution in [0.3, 0.4) is 0 Å². The molecular weight excluding hydrogens is 196 g/mol. The second kappa shape index (κ2) is 3.21. The number of carbonyl (C=O) groups is 1. The smallest absolute Gasteiger partial charge is 0.136 e. The van der Waals surface area contributed by atoms with E-state index < -0.39 is 0 Å². The summed E-state index contributed by atoms with van der Waals surface area (Å²) in [6.07, 6.45) is 12.4. The van der Waals surface area contributed by atoms with Crippen LogP contribution in [-0.2, 0) is 4.79 Å². The summed E-state index contributed by atoms with van der Waals surface area (Å²) in [5, 5.41) is 0. The van der Waals surface area contributed by atoms with E-state index in [0.717, 1.165) is 30.1 Å². The van der Waals surface area contributed by atoms with Crippen molar-refractivity contribution in [2.45, 2.75) is 38.5 Å². The van der Waals surface area contributed by atoms with Gasteiger partial charge in [0.25, 0.3) is 0 Å². The van der Waals surface area contributed by atoms with Crippen LogP contribution in [-0.4, -0.2) is 5.78 Å². The van der Waals surface area contributed by atoms with Gasteiger partial charge in [0.1, 0.15) is 5.78 Å². The van der Waals surface area contributed by atoms with Gasteiger partial charge in [-0.15, -0.1) is 0 Å². The zero-order chi connectivity index (χ0) is 10.7. The lowest BCUT2D eigenvalue weighted by molar-refractivity contribution is -0.132. The molecule has 86 valence electrons. The molecule has 1 heteroatoms. The zero-order valence-electron chi connectivity index (χ0n) is 9.77. The van der Waals surface area contributed by atoms with Gasteiger partial charge in [0.15, 0.2) is 0 Å². The average molecular weight is 216 g/mol. The highest BCUT2D eigenvalue weighted by molar-refractivity contribution is 5.83. The number of hydrogen-bond donors (Lipinski definition) is 0. The molecule has 3 fully saturated rings. The summed E-state index contributed by atoms with van der Waals surface area (Å²) in [5.41, 5.74) is 0. The summed E-state index contributed by atoms with van der Waals surface area (Å²) in [6, 6.07) is 0. The molecule has 0 amide bonds. The van der Waals surface area contributed by atoms with Crippen molar-refractivity contribution in [3.05, 3.63) is 12.2 Å². The Morgan fingerprint density at radius 1 is 1.06 bits per heavy atom. The van der Waals surface area contributed by atoms with E-state index in [1.54, 1.807) is 0 Å². The van der Waals surface area contributed by atoms with Crippen LogP contribution in [0, 0.1) is 35.5 Å². The summed E-state index contributed by atoms with van der Waals surface area (Å²) in [7, 11) is 0. The Balaban J connectivity index is 1.73. The van der Waals surface area contributed by atoms with E-state index in [2.05, 4.69) is 12.2 Å². The number of ketones is 1. The van der Waals surface area contributed by atoms with Crippen molar-refractivity contribution < 1.29 is 4.79 Å². The van der Waals surface area contributed by atoms with Crippen LogP contribution >= 0.6 is 0 Å². The monoisotopic (exact) mass is 216 g/mol. The Bertz CT molecular complexity index is 356. The molecule has 0 radical (unpaired) electrons. The lowest BCUT2D eigenvalue weighted by Crippen LogP contribution is -2.43. The van der Waals surface area contributed by atoms with Crippen molar-refractivity contribution in [3.63, 3.8) is 0 Å². The van der Waals surface area contributed by atoms with E-state index in [0.29, 0.717) is 17.6 Å². The first kappa shape index (κ1) is 9.44. The van der Waals surface area contributed by atoms with E-state index in [1.165, 1.54) is 32.1 Å². The van der Waals surface area contributed by atoms with Crippen LogP contribution in [0.4, 0.5) is 0 Å². The molecular formula is C15H20O. The van der Waals surface area contributed by atoms with Crippen molar-refractivity contribution in [3.8, 4) is 0 Å². The second-order valence-electron chi connectivity index (χ2n) is 6.45. The lowest BCUT2D eigenvalue weighted by atomic mass is 9.59. The Morgan fingerprint density at radius 3 is 2.88 bits per heavy atom. The highest BCUT2D eigenvalue weighted by Gasteiger charge is 2.56. The number of Topliss-reactive ketones (excluding diaryl/α,β-unsaturated/α-hetero) is 1. The first-order valence-corrected chi connectivity index (χ1v) is 7.04. The molecule has 0 heterocycles. The fourth-order valence-corrected chi connectivity index (χ4v) is 5.36. The molecule has 4 aliphatic carbocycles. The largest absolute Gasteiger partial charge is 0.299 e. The van der Waals surface area contributed by atoms with E-state index in [1.807, 2.05) is 0 Å². The summed E-state index contributed by atoms with van der Waals surface area (Å²) in [6.45, 7) is 0. The molecule has 0 aromatic heterocycles. The van der Waals surface area contributed by atoms with Gasteiger partial charge >= 0.3 is 0 Å². The summed E-state index contributed by atoms with van der Waals surface area (Å²) < 4.78 is 0. The maximum absolute atomic E-state index is 12.3. The molecule has 3 saturated carbocycles. The molecule has 0 aliphatic heterocycles. The zero-order valence-corrected chi connectivity index (χ0v) is 9.77. The predicted molar refractivity (Wildman–Crippen MR) is 62.8 cm³/mol. The highest BCUT2D eigenvalue weighted by Crippen LogP contribution is 2.60. The quantitative estimate of drug-likeness (QED) is 0.568. The van der Waals surface area contributed by atoms with Crippen molar-refractivity contribution in [1.29, 1.82) is 0 Å². The number of rotatable bonds is 0. The third-order valence-corrected chi connectivity index (χ3v) is 5.87. The third-order valence-electron chi connectivity index (χ3n) is 5.87. The molecule has 0 saturated heterocycles. The van der Waals surface area contributed by atoms with Crippen molar-refractivity contribution in [2.75, 3.05) is 0 Å². The van der Waals surface area contributed by atoms with Crippen LogP contribution < -0.4 is 0 Å². The van der Waals surface area contributed by atoms with E-state index >= 15 is 0 Å². The van der Waals surface area contributed by atoms with Gasteiger partial charge in [-0.25, -0.2) is 0 Å². The van der Waals surface area contributed by atoms with Gasteiger partial charge in [0.2, 0.25) is 0 Å². The fourth-order valence-electron chi connectivity index (χ4n) is 5.36. The van der Waals surface area contributed by atoms with E-state index in [-0.39, 0.29) is 0 Å². The number of allylic oxidation sites excluding steroid dienone is 2. The van der Waals surface area contributed by atoms with Crippen LogP contribution in [0.15, 0.2) is 12.2 Å². The van der Waals surface area contributed by atoms with Crippen LogP contribution in [0.2, 0.25) is 0 Å². The molecule has 6 atom stereocenters. The van der Waals surface area contributed by atoms with Gasteiger partial charge in [-0.2, -0.15) is 0 Å². The van der Waals surface area contributed by atoms with Gasteiger partial charge in [-0.3, -0.25) is 4.79 Å². The van der Waals surface area contributed by atoms with Gasteiger partial charge < -0.3 is 0 Å². The molecule has 0 aromatic rings. The Morgan fingerprint density at radius 2 is 1.94 bits per heavy atom. The average Bonchev–Trinajstić information content (AvgIpc) is 2.90. The summed E-state index contributed by atoms with van der Waals surface area (Å²) >= 11 is 0. The van der Waals surface area contributed by atoms with Gasteiger partial charge in [-0.05, 0) is 61.7 Å². The van der Waals surface area contributed by atoms with E-state index in [4.69, 9.17) is 0 Å². The minimum Gasteiger partial charge on any atom is -0.299 e. The molecule has 0 aromatic carbocycles. The normalized spacial score (nSPS) is 53.9. The molecule has 1 nitrogen and oxygen atoms in total. The summed E-state index contributed by atoms with van der Waals surface area (Å²) in [5.74, 6) is 5.01. The first-order valence-electron chi connectivity index (χ1n) is 7.04. The topological polar surface area (TPSA) is 17.1 Å². The molecule has 16 heavy (non-hydrogen) atoms. The summed E-state index contributed by atoms with van der Waals surface area (Å²) in [4.78, 5) is 12.3. The first-order chi connectivity index (χ1) is 7.84. The number of hydrogen-bond acceptors (Lipinski definition) is 1. The maximum Gasteiger partial charge on any atom is 0.136 e. The molecule has 0 N–H and O–H groups in total. The van der Waals surface area contributed by atoms with Gasteiger partial charge in [-0.1, -0.05) is 12.2 Å². The maximum atomic E-state index is 12.3. The number of carbonyl (C=O) groups excluding carboxylic acids is 1. The molecule has 0 spiro atoms. The van der Waals surface area contributed by atoms with Crippen LogP contribution in [0.5, 0.6) is 0 Å².